The first-order chi connectivity index (χ1) is 13.0. The largest absolute Gasteiger partial charge is 0.127 e. The van der Waals surface area contributed by atoms with Gasteiger partial charge >= 0.3 is 0 Å². The Morgan fingerprint density at radius 2 is 0.778 bits per heavy atom. The van der Waals surface area contributed by atoms with E-state index in [1.807, 2.05) is 0 Å². The van der Waals surface area contributed by atoms with Gasteiger partial charge in [0, 0.05) is 5.88 Å². The van der Waals surface area contributed by atoms with Crippen molar-refractivity contribution in [2.24, 2.45) is 0 Å². The molecular formula is C20H35ClS6. The summed E-state index contributed by atoms with van der Waals surface area (Å²) < 4.78 is 1.53. The first-order valence-electron chi connectivity index (χ1n) is 10.8. The minimum Gasteiger partial charge on any atom is -0.127 e. The van der Waals surface area contributed by atoms with Crippen LogP contribution in [0.3, 0.4) is 0 Å². The maximum Gasteiger partial charge on any atom is 0.113 e. The summed E-state index contributed by atoms with van der Waals surface area (Å²) >= 11 is 20.2. The SMILES string of the molecule is CCCCC12SC3(CCCC)SC(CCCC)(S1)SC(CCCCCl)(S2)S3. The van der Waals surface area contributed by atoms with Crippen molar-refractivity contribution in [3.63, 3.8) is 0 Å². The molecule has 0 aromatic heterocycles. The highest BCUT2D eigenvalue weighted by Gasteiger charge is 2.71. The number of thioether (sulfide) groups is 6. The van der Waals surface area contributed by atoms with Gasteiger partial charge in [-0.3, -0.25) is 0 Å². The van der Waals surface area contributed by atoms with E-state index in [1.165, 1.54) is 77.0 Å². The Morgan fingerprint density at radius 3 is 1.04 bits per heavy atom. The van der Waals surface area contributed by atoms with Crippen LogP contribution in [-0.4, -0.2) is 19.5 Å². The number of halogens is 1. The molecule has 0 aromatic carbocycles. The highest BCUT2D eigenvalue weighted by molar-refractivity contribution is 8.64. The molecule has 4 bridgehead atoms. The van der Waals surface area contributed by atoms with Crippen LogP contribution < -0.4 is 0 Å². The molecule has 0 nitrogen and oxygen atoms in total. The zero-order valence-electron chi connectivity index (χ0n) is 17.0. The maximum absolute atomic E-state index is 6.04. The van der Waals surface area contributed by atoms with Gasteiger partial charge in [-0.2, -0.15) is 0 Å². The molecule has 27 heavy (non-hydrogen) atoms. The lowest BCUT2D eigenvalue weighted by Crippen LogP contribution is -2.53. The van der Waals surface area contributed by atoms with Crippen molar-refractivity contribution in [2.75, 3.05) is 5.88 Å². The molecule has 7 heteroatoms. The van der Waals surface area contributed by atoms with Gasteiger partial charge in [-0.25, -0.2) is 0 Å². The molecule has 0 atom stereocenters. The quantitative estimate of drug-likeness (QED) is 0.180. The minimum absolute atomic E-state index is 0.364. The van der Waals surface area contributed by atoms with Gasteiger partial charge in [0.15, 0.2) is 0 Å². The van der Waals surface area contributed by atoms with Gasteiger partial charge < -0.3 is 0 Å². The van der Waals surface area contributed by atoms with Gasteiger partial charge in [0.25, 0.3) is 0 Å². The number of alkyl halides is 1. The lowest BCUT2D eigenvalue weighted by molar-refractivity contribution is 0.686. The zero-order chi connectivity index (χ0) is 19.4. The van der Waals surface area contributed by atoms with Crippen LogP contribution in [0.1, 0.15) is 97.8 Å². The van der Waals surface area contributed by atoms with E-state index < -0.39 is 0 Å². The molecule has 4 aliphatic rings. The van der Waals surface area contributed by atoms with Crippen LogP contribution in [0.25, 0.3) is 0 Å². The van der Waals surface area contributed by atoms with Crippen molar-refractivity contribution >= 4 is 82.2 Å². The molecule has 4 rings (SSSR count). The molecule has 0 unspecified atom stereocenters. The summed E-state index contributed by atoms with van der Waals surface area (Å²) in [6.07, 6.45) is 16.0. The monoisotopic (exact) mass is 502 g/mol. The Bertz CT molecular complexity index is 419. The average Bonchev–Trinajstić information content (AvgIpc) is 2.62. The molecule has 0 N–H and O–H groups in total. The number of hydrogen-bond acceptors (Lipinski definition) is 6. The van der Waals surface area contributed by atoms with Crippen LogP contribution in [0.5, 0.6) is 0 Å². The normalized spacial score (nSPS) is 40.0. The second kappa shape index (κ2) is 10.3. The molecule has 0 aliphatic carbocycles. The summed E-state index contributed by atoms with van der Waals surface area (Å²) in [5.41, 5.74) is 0. The van der Waals surface area contributed by atoms with Gasteiger partial charge in [0.1, 0.15) is 13.6 Å². The van der Waals surface area contributed by atoms with E-state index in [0.29, 0.717) is 13.6 Å². The highest BCUT2D eigenvalue weighted by Crippen LogP contribution is 2.91. The smallest absolute Gasteiger partial charge is 0.113 e. The number of rotatable bonds is 13. The fourth-order valence-electron chi connectivity index (χ4n) is 3.90. The van der Waals surface area contributed by atoms with Gasteiger partial charge in [0.05, 0.1) is 0 Å². The fourth-order valence-corrected chi connectivity index (χ4v) is 25.9. The molecule has 158 valence electrons. The van der Waals surface area contributed by atoms with Gasteiger partial charge in [-0.15, -0.1) is 82.2 Å². The molecular weight excluding hydrogens is 468 g/mol. The molecule has 0 spiro atoms. The topological polar surface area (TPSA) is 0 Å². The van der Waals surface area contributed by atoms with Gasteiger partial charge in [-0.1, -0.05) is 59.3 Å². The lowest BCUT2D eigenvalue weighted by atomic mass is 10.3. The predicted octanol–water partition coefficient (Wildman–Crippen LogP) is 10.0. The van der Waals surface area contributed by atoms with E-state index in [-0.39, 0.29) is 0 Å². The Labute approximate surface area is 198 Å². The third kappa shape index (κ3) is 5.61. The van der Waals surface area contributed by atoms with E-state index in [4.69, 9.17) is 11.6 Å². The molecule has 0 saturated carbocycles. The minimum atomic E-state index is 0.364. The zero-order valence-corrected chi connectivity index (χ0v) is 22.7. The summed E-state index contributed by atoms with van der Waals surface area (Å²) in [6.45, 7) is 7.07. The molecule has 0 aromatic rings. The van der Waals surface area contributed by atoms with Crippen molar-refractivity contribution in [1.29, 1.82) is 0 Å². The molecule has 0 radical (unpaired) electrons. The summed E-state index contributed by atoms with van der Waals surface area (Å²) in [6, 6.07) is 0. The first kappa shape index (κ1) is 24.0. The molecule has 4 fully saturated rings. The third-order valence-electron chi connectivity index (χ3n) is 5.24. The van der Waals surface area contributed by atoms with Crippen LogP contribution >= 0.6 is 82.2 Å². The van der Waals surface area contributed by atoms with Crippen molar-refractivity contribution in [2.45, 2.75) is 111 Å². The van der Waals surface area contributed by atoms with Crippen LogP contribution in [0.15, 0.2) is 0 Å². The lowest BCUT2D eigenvalue weighted by Gasteiger charge is -2.67. The molecule has 4 heterocycles. The standard InChI is InChI=1S/C20H35ClS6/c1-4-7-12-17-22-18(13-8-5-2)24-19(23-17,14-9-6-3)27-20(25-17,26-18)15-10-11-16-21/h4-16H2,1-3H3. The second-order valence-electron chi connectivity index (χ2n) is 7.80. The summed E-state index contributed by atoms with van der Waals surface area (Å²) in [5, 5.41) is 0. The van der Waals surface area contributed by atoms with Crippen molar-refractivity contribution in [1.82, 2.24) is 0 Å². The van der Waals surface area contributed by atoms with E-state index in [0.717, 1.165) is 5.88 Å². The predicted molar refractivity (Wildman–Crippen MR) is 140 cm³/mol. The Kier molecular flexibility index (Phi) is 9.20. The summed E-state index contributed by atoms with van der Waals surface area (Å²) in [4.78, 5) is 0. The average molecular weight is 503 g/mol. The molecule has 4 aliphatic heterocycles. The first-order valence-corrected chi connectivity index (χ1v) is 16.2. The van der Waals surface area contributed by atoms with Crippen molar-refractivity contribution in [3.05, 3.63) is 0 Å². The highest BCUT2D eigenvalue weighted by atomic mass is 35.5. The number of hydrogen-bond donors (Lipinski definition) is 0. The van der Waals surface area contributed by atoms with Crippen LogP contribution in [0.4, 0.5) is 0 Å². The fraction of sp³-hybridized carbons (Fsp3) is 1.00. The van der Waals surface area contributed by atoms with Crippen LogP contribution in [0, 0.1) is 0 Å². The van der Waals surface area contributed by atoms with E-state index in [1.54, 1.807) is 0 Å². The summed E-state index contributed by atoms with van der Waals surface area (Å²) in [7, 11) is 0. The van der Waals surface area contributed by atoms with E-state index in [2.05, 4.69) is 91.3 Å². The van der Waals surface area contributed by atoms with E-state index >= 15 is 0 Å². The Hall–Kier alpha value is 2.39. The van der Waals surface area contributed by atoms with Gasteiger partial charge in [-0.05, 0) is 38.5 Å². The Balaban J connectivity index is 1.91. The second-order valence-corrected chi connectivity index (χ2v) is 20.9. The van der Waals surface area contributed by atoms with Gasteiger partial charge in [0.2, 0.25) is 0 Å². The molecule has 0 amide bonds. The maximum atomic E-state index is 6.04. The van der Waals surface area contributed by atoms with Crippen molar-refractivity contribution in [3.8, 4) is 0 Å². The Morgan fingerprint density at radius 1 is 0.481 bits per heavy atom. The van der Waals surface area contributed by atoms with Crippen LogP contribution in [0.2, 0.25) is 0 Å². The third-order valence-corrected chi connectivity index (χ3v) is 17.7. The molecule has 4 saturated heterocycles. The van der Waals surface area contributed by atoms with E-state index in [9.17, 15) is 0 Å². The number of unbranched alkanes of at least 4 members (excludes halogenated alkanes) is 4. The summed E-state index contributed by atoms with van der Waals surface area (Å²) in [5.74, 6) is 0.817. The van der Waals surface area contributed by atoms with Crippen molar-refractivity contribution < 1.29 is 0 Å². The van der Waals surface area contributed by atoms with Crippen LogP contribution in [-0.2, 0) is 0 Å².